The molecule has 1 atom stereocenters. The Kier molecular flexibility index (Phi) is 3.56. The van der Waals surface area contributed by atoms with E-state index in [0.29, 0.717) is 18.9 Å². The van der Waals surface area contributed by atoms with Crippen LogP contribution in [0.5, 0.6) is 0 Å². The quantitative estimate of drug-likeness (QED) is 0.631. The molecule has 1 heterocycles. The highest BCUT2D eigenvalue weighted by Gasteiger charge is 2.50. The van der Waals surface area contributed by atoms with Crippen LogP contribution in [0.4, 0.5) is 0 Å². The molecule has 4 N–H and O–H groups in total. The van der Waals surface area contributed by atoms with Gasteiger partial charge in [0.25, 0.3) is 0 Å². The number of carbonyl (C=O) groups is 2. The van der Waals surface area contributed by atoms with Crippen LogP contribution in [0.15, 0.2) is 0 Å². The minimum absolute atomic E-state index is 0.0438. The molecule has 1 saturated carbocycles. The number of carbonyl (C=O) groups excluding carboxylic acids is 2. The first-order valence-corrected chi connectivity index (χ1v) is 6.72. The summed E-state index contributed by atoms with van der Waals surface area (Å²) < 4.78 is 0. The lowest BCUT2D eigenvalue weighted by atomic mass is 9.62. The van der Waals surface area contributed by atoms with E-state index in [1.807, 2.05) is 0 Å². The molecule has 0 aromatic rings. The first-order valence-electron chi connectivity index (χ1n) is 6.31. The number of nitrogens with two attached hydrogens (primary N) is 1. The molecule has 0 spiro atoms. The van der Waals surface area contributed by atoms with Gasteiger partial charge in [-0.05, 0) is 25.2 Å². The van der Waals surface area contributed by atoms with Crippen LogP contribution in [0.3, 0.4) is 0 Å². The summed E-state index contributed by atoms with van der Waals surface area (Å²) in [6.45, 7) is 2.55. The molecule has 100 valence electrons. The zero-order valence-corrected chi connectivity index (χ0v) is 11.3. The van der Waals surface area contributed by atoms with E-state index < -0.39 is 5.41 Å². The van der Waals surface area contributed by atoms with Crippen molar-refractivity contribution in [3.05, 3.63) is 0 Å². The van der Waals surface area contributed by atoms with E-state index in [9.17, 15) is 9.59 Å². The van der Waals surface area contributed by atoms with Crippen LogP contribution in [0.1, 0.15) is 32.6 Å². The van der Waals surface area contributed by atoms with Crippen molar-refractivity contribution in [1.29, 1.82) is 0 Å². The van der Waals surface area contributed by atoms with Crippen molar-refractivity contribution in [2.45, 2.75) is 38.6 Å². The highest BCUT2D eigenvalue weighted by Crippen LogP contribution is 2.45. The van der Waals surface area contributed by atoms with Crippen LogP contribution < -0.4 is 16.4 Å². The van der Waals surface area contributed by atoms with Gasteiger partial charge in [-0.2, -0.15) is 0 Å². The average Bonchev–Trinajstić information content (AvgIpc) is 2.67. The highest BCUT2D eigenvalue weighted by molar-refractivity contribution is 7.80. The lowest BCUT2D eigenvalue weighted by Crippen LogP contribution is -2.57. The van der Waals surface area contributed by atoms with E-state index >= 15 is 0 Å². The summed E-state index contributed by atoms with van der Waals surface area (Å²) in [5.74, 6) is 0.452. The highest BCUT2D eigenvalue weighted by atomic mass is 32.1. The largest absolute Gasteiger partial charge is 0.392 e. The van der Waals surface area contributed by atoms with Crippen molar-refractivity contribution >= 4 is 29.0 Å². The van der Waals surface area contributed by atoms with Crippen molar-refractivity contribution in [3.63, 3.8) is 0 Å². The normalized spacial score (nSPS) is 34.6. The number of rotatable bonds is 4. The van der Waals surface area contributed by atoms with Crippen molar-refractivity contribution in [2.24, 2.45) is 17.1 Å². The van der Waals surface area contributed by atoms with E-state index in [2.05, 4.69) is 17.6 Å². The molecule has 0 radical (unpaired) electrons. The third-order valence-corrected chi connectivity index (χ3v) is 4.28. The molecule has 1 unspecified atom stereocenters. The van der Waals surface area contributed by atoms with E-state index in [-0.39, 0.29) is 22.8 Å². The molecule has 1 saturated heterocycles. The molecule has 1 aliphatic carbocycles. The molecule has 2 fully saturated rings. The first-order chi connectivity index (χ1) is 8.44. The SMILES string of the molecule is CC1CC(C(=O)NCC2CCC(=O)N2)(C(N)=S)C1. The maximum absolute atomic E-state index is 12.2. The number of thiocarbonyl (C=S) groups is 1. The summed E-state index contributed by atoms with van der Waals surface area (Å²) in [7, 11) is 0. The number of hydrogen-bond donors (Lipinski definition) is 3. The Morgan fingerprint density at radius 1 is 1.61 bits per heavy atom. The summed E-state index contributed by atoms with van der Waals surface area (Å²) >= 11 is 5.02. The van der Waals surface area contributed by atoms with Gasteiger partial charge in [0.1, 0.15) is 0 Å². The van der Waals surface area contributed by atoms with Crippen molar-refractivity contribution < 1.29 is 9.59 Å². The van der Waals surface area contributed by atoms with Crippen LogP contribution in [-0.2, 0) is 9.59 Å². The second-order valence-electron chi connectivity index (χ2n) is 5.47. The van der Waals surface area contributed by atoms with Gasteiger partial charge < -0.3 is 16.4 Å². The first kappa shape index (κ1) is 13.3. The summed E-state index contributed by atoms with van der Waals surface area (Å²) in [6.07, 6.45) is 2.77. The topological polar surface area (TPSA) is 84.2 Å². The van der Waals surface area contributed by atoms with Crippen molar-refractivity contribution in [3.8, 4) is 0 Å². The Morgan fingerprint density at radius 2 is 2.28 bits per heavy atom. The monoisotopic (exact) mass is 269 g/mol. The van der Waals surface area contributed by atoms with Gasteiger partial charge in [-0.15, -0.1) is 0 Å². The fourth-order valence-electron chi connectivity index (χ4n) is 2.84. The molecule has 18 heavy (non-hydrogen) atoms. The molecule has 0 bridgehead atoms. The molecular weight excluding hydrogens is 250 g/mol. The van der Waals surface area contributed by atoms with Gasteiger partial charge in [-0.25, -0.2) is 0 Å². The molecule has 1 aliphatic heterocycles. The van der Waals surface area contributed by atoms with Gasteiger partial charge in [0.2, 0.25) is 11.8 Å². The Hall–Kier alpha value is -1.17. The molecule has 5 nitrogen and oxygen atoms in total. The maximum Gasteiger partial charge on any atom is 0.233 e. The van der Waals surface area contributed by atoms with E-state index in [0.717, 1.165) is 19.3 Å². The summed E-state index contributed by atoms with van der Waals surface area (Å²) in [5.41, 5.74) is 5.05. The minimum Gasteiger partial charge on any atom is -0.392 e. The fraction of sp³-hybridized carbons (Fsp3) is 0.750. The number of amides is 2. The Balaban J connectivity index is 1.87. The van der Waals surface area contributed by atoms with Crippen LogP contribution >= 0.6 is 12.2 Å². The van der Waals surface area contributed by atoms with Gasteiger partial charge >= 0.3 is 0 Å². The van der Waals surface area contributed by atoms with Gasteiger partial charge in [0, 0.05) is 19.0 Å². The fourth-order valence-corrected chi connectivity index (χ4v) is 3.10. The third kappa shape index (κ3) is 2.34. The number of hydrogen-bond acceptors (Lipinski definition) is 3. The molecule has 6 heteroatoms. The van der Waals surface area contributed by atoms with Crippen LogP contribution in [0, 0.1) is 11.3 Å². The van der Waals surface area contributed by atoms with Crippen molar-refractivity contribution in [1.82, 2.24) is 10.6 Å². The van der Waals surface area contributed by atoms with E-state index in [1.54, 1.807) is 0 Å². The zero-order valence-electron chi connectivity index (χ0n) is 10.5. The average molecular weight is 269 g/mol. The molecule has 2 aliphatic rings. The third-order valence-electron chi connectivity index (χ3n) is 3.89. The molecule has 2 amide bonds. The predicted octanol–water partition coefficient (Wildman–Crippen LogP) is 0.0836. The minimum atomic E-state index is -0.655. The maximum atomic E-state index is 12.2. The second-order valence-corrected chi connectivity index (χ2v) is 5.91. The van der Waals surface area contributed by atoms with Crippen LogP contribution in [0.2, 0.25) is 0 Å². The van der Waals surface area contributed by atoms with Gasteiger partial charge in [-0.1, -0.05) is 19.1 Å². The molecular formula is C12H19N3O2S. The Morgan fingerprint density at radius 3 is 2.72 bits per heavy atom. The lowest BCUT2D eigenvalue weighted by Gasteiger charge is -2.44. The van der Waals surface area contributed by atoms with Crippen LogP contribution in [-0.4, -0.2) is 29.4 Å². The van der Waals surface area contributed by atoms with E-state index in [4.69, 9.17) is 18.0 Å². The smallest absolute Gasteiger partial charge is 0.233 e. The number of nitrogens with one attached hydrogen (secondary N) is 2. The summed E-state index contributed by atoms with van der Waals surface area (Å²) in [5, 5.41) is 5.69. The van der Waals surface area contributed by atoms with E-state index in [1.165, 1.54) is 0 Å². The van der Waals surface area contributed by atoms with Crippen molar-refractivity contribution in [2.75, 3.05) is 6.54 Å². The molecule has 0 aromatic carbocycles. The summed E-state index contributed by atoms with van der Waals surface area (Å²) in [4.78, 5) is 23.5. The van der Waals surface area contributed by atoms with Crippen LogP contribution in [0.25, 0.3) is 0 Å². The van der Waals surface area contributed by atoms with Gasteiger partial charge in [-0.3, -0.25) is 9.59 Å². The zero-order chi connectivity index (χ0) is 13.3. The van der Waals surface area contributed by atoms with Gasteiger partial charge in [0.15, 0.2) is 0 Å². The standard InChI is InChI=1S/C12H19N3O2S/c1-7-4-12(5-7,10(13)18)11(17)14-6-8-2-3-9(16)15-8/h7-8H,2-6H2,1H3,(H2,13,18)(H,14,17)(H,15,16). The van der Waals surface area contributed by atoms with Gasteiger partial charge in [0.05, 0.1) is 10.4 Å². The Labute approximate surface area is 112 Å². The molecule has 2 rings (SSSR count). The summed E-state index contributed by atoms with van der Waals surface area (Å²) in [6, 6.07) is 0.0438. The predicted molar refractivity (Wildman–Crippen MR) is 71.8 cm³/mol. The lowest BCUT2D eigenvalue weighted by molar-refractivity contribution is -0.133. The Bertz CT molecular complexity index is 391. The molecule has 0 aromatic heterocycles. The second kappa shape index (κ2) is 4.84.